The Kier molecular flexibility index (Phi) is 5.48. The van der Waals surface area contributed by atoms with Crippen molar-refractivity contribution in [1.29, 1.82) is 0 Å². The van der Waals surface area contributed by atoms with Crippen LogP contribution < -0.4 is 14.4 Å². The maximum absolute atomic E-state index is 13.5. The van der Waals surface area contributed by atoms with Crippen molar-refractivity contribution in [2.45, 2.75) is 19.8 Å². The summed E-state index contributed by atoms with van der Waals surface area (Å²) in [4.78, 5) is 30.4. The van der Waals surface area contributed by atoms with Crippen molar-refractivity contribution in [3.8, 4) is 11.5 Å². The van der Waals surface area contributed by atoms with Crippen LogP contribution in [0.5, 0.6) is 11.5 Å². The van der Waals surface area contributed by atoms with Gasteiger partial charge in [-0.2, -0.15) is 0 Å². The zero-order valence-electron chi connectivity index (χ0n) is 17.6. The van der Waals surface area contributed by atoms with Crippen LogP contribution in [0.1, 0.15) is 25.3 Å². The molecule has 2 aliphatic heterocycles. The third kappa shape index (κ3) is 3.54. The molecule has 6 heteroatoms. The van der Waals surface area contributed by atoms with Crippen LogP contribution in [0.15, 0.2) is 54.2 Å². The maximum Gasteiger partial charge on any atom is 0.282 e. The number of imide groups is 1. The number of carbonyl (C=O) groups excluding carboxylic acids is 2. The monoisotopic (exact) mass is 406 g/mol. The SMILES string of the molecule is COc1ccc(C2=C(N3CCC(C)CC3)C(=O)N(c3ccc(OC)cc3)C2=O)cc1. The first-order valence-electron chi connectivity index (χ1n) is 10.2. The highest BCUT2D eigenvalue weighted by Gasteiger charge is 2.43. The minimum absolute atomic E-state index is 0.273. The number of methoxy groups -OCH3 is 2. The van der Waals surface area contributed by atoms with Gasteiger partial charge in [0.1, 0.15) is 17.2 Å². The highest BCUT2D eigenvalue weighted by Crippen LogP contribution is 2.37. The fourth-order valence-corrected chi connectivity index (χ4v) is 4.03. The van der Waals surface area contributed by atoms with Crippen molar-refractivity contribution in [2.75, 3.05) is 32.2 Å². The predicted octanol–water partition coefficient (Wildman–Crippen LogP) is 3.72. The highest BCUT2D eigenvalue weighted by molar-refractivity contribution is 6.45. The second-order valence-corrected chi connectivity index (χ2v) is 7.77. The Labute approximate surface area is 176 Å². The van der Waals surface area contributed by atoms with E-state index in [0.29, 0.717) is 34.4 Å². The van der Waals surface area contributed by atoms with E-state index in [4.69, 9.17) is 9.47 Å². The van der Waals surface area contributed by atoms with Gasteiger partial charge in [-0.05, 0) is 60.7 Å². The Bertz CT molecular complexity index is 971. The highest BCUT2D eigenvalue weighted by atomic mass is 16.5. The van der Waals surface area contributed by atoms with Gasteiger partial charge in [-0.1, -0.05) is 19.1 Å². The van der Waals surface area contributed by atoms with Crippen LogP contribution in [0, 0.1) is 5.92 Å². The molecule has 0 radical (unpaired) electrons. The molecule has 156 valence electrons. The van der Waals surface area contributed by atoms with Crippen LogP contribution in [-0.2, 0) is 9.59 Å². The number of ether oxygens (including phenoxy) is 2. The van der Waals surface area contributed by atoms with Gasteiger partial charge in [-0.3, -0.25) is 9.59 Å². The van der Waals surface area contributed by atoms with Crippen molar-refractivity contribution in [3.63, 3.8) is 0 Å². The molecule has 2 heterocycles. The number of likely N-dealkylation sites (tertiary alicyclic amines) is 1. The second-order valence-electron chi connectivity index (χ2n) is 7.77. The number of amides is 2. The molecule has 1 saturated heterocycles. The Morgan fingerprint density at radius 2 is 1.33 bits per heavy atom. The number of nitrogens with zero attached hydrogens (tertiary/aromatic N) is 2. The Balaban J connectivity index is 1.77. The van der Waals surface area contributed by atoms with Gasteiger partial charge < -0.3 is 14.4 Å². The fourth-order valence-electron chi connectivity index (χ4n) is 4.03. The summed E-state index contributed by atoms with van der Waals surface area (Å²) in [5.74, 6) is 1.42. The molecule has 6 nitrogen and oxygen atoms in total. The fraction of sp³-hybridized carbons (Fsp3) is 0.333. The first-order chi connectivity index (χ1) is 14.5. The lowest BCUT2D eigenvalue weighted by atomic mass is 9.97. The van der Waals surface area contributed by atoms with Crippen LogP contribution in [0.25, 0.3) is 5.57 Å². The van der Waals surface area contributed by atoms with Crippen molar-refractivity contribution in [1.82, 2.24) is 4.90 Å². The second kappa shape index (κ2) is 8.22. The molecule has 2 aliphatic rings. The van der Waals surface area contributed by atoms with Gasteiger partial charge in [-0.25, -0.2) is 4.90 Å². The van der Waals surface area contributed by atoms with E-state index in [1.807, 2.05) is 24.3 Å². The number of piperidine rings is 1. The standard InChI is InChI=1S/C24H26N2O4/c1-16-12-14-25(15-13-16)22-21(17-4-8-19(29-2)9-5-17)23(27)26(24(22)28)18-6-10-20(30-3)11-7-18/h4-11,16H,12-15H2,1-3H3. The first kappa shape index (κ1) is 20.0. The normalized spacial score (nSPS) is 17.7. The van der Waals surface area contributed by atoms with E-state index >= 15 is 0 Å². The average Bonchev–Trinajstić information content (AvgIpc) is 3.04. The number of hydrogen-bond acceptors (Lipinski definition) is 5. The molecule has 2 aromatic carbocycles. The summed E-state index contributed by atoms with van der Waals surface area (Å²) in [7, 11) is 3.18. The topological polar surface area (TPSA) is 59.1 Å². The lowest BCUT2D eigenvalue weighted by molar-refractivity contribution is -0.120. The molecule has 4 rings (SSSR count). The summed E-state index contributed by atoms with van der Waals surface area (Å²) in [5.41, 5.74) is 2.21. The number of benzene rings is 2. The summed E-state index contributed by atoms with van der Waals surface area (Å²) in [6, 6.07) is 14.3. The van der Waals surface area contributed by atoms with E-state index < -0.39 is 0 Å². The molecule has 2 aromatic rings. The van der Waals surface area contributed by atoms with Crippen molar-refractivity contribution in [3.05, 3.63) is 59.8 Å². The first-order valence-corrected chi connectivity index (χ1v) is 10.2. The summed E-state index contributed by atoms with van der Waals surface area (Å²) in [6.45, 7) is 3.76. The maximum atomic E-state index is 13.5. The molecule has 0 bridgehead atoms. The summed E-state index contributed by atoms with van der Waals surface area (Å²) in [6.07, 6.45) is 2.01. The summed E-state index contributed by atoms with van der Waals surface area (Å²) in [5, 5.41) is 0. The Hall–Kier alpha value is -3.28. The summed E-state index contributed by atoms with van der Waals surface area (Å²) < 4.78 is 10.5. The van der Waals surface area contributed by atoms with Gasteiger partial charge in [0.15, 0.2) is 0 Å². The molecule has 30 heavy (non-hydrogen) atoms. The van der Waals surface area contributed by atoms with Crippen LogP contribution in [0.4, 0.5) is 5.69 Å². The van der Waals surface area contributed by atoms with Gasteiger partial charge in [0.25, 0.3) is 11.8 Å². The third-order valence-corrected chi connectivity index (χ3v) is 5.87. The van der Waals surface area contributed by atoms with E-state index in [0.717, 1.165) is 31.5 Å². The Morgan fingerprint density at radius 3 is 1.87 bits per heavy atom. The number of anilines is 1. The van der Waals surface area contributed by atoms with Gasteiger partial charge in [0.2, 0.25) is 0 Å². The molecule has 0 saturated carbocycles. The van der Waals surface area contributed by atoms with E-state index in [9.17, 15) is 9.59 Å². The number of hydrogen-bond donors (Lipinski definition) is 0. The molecule has 0 unspecified atom stereocenters. The molecule has 0 atom stereocenters. The van der Waals surface area contributed by atoms with Gasteiger partial charge in [-0.15, -0.1) is 0 Å². The van der Waals surface area contributed by atoms with Crippen molar-refractivity contribution < 1.29 is 19.1 Å². The van der Waals surface area contributed by atoms with Crippen molar-refractivity contribution >= 4 is 23.1 Å². The minimum Gasteiger partial charge on any atom is -0.497 e. The van der Waals surface area contributed by atoms with Crippen LogP contribution in [0.2, 0.25) is 0 Å². The van der Waals surface area contributed by atoms with E-state index in [2.05, 4.69) is 11.8 Å². The van der Waals surface area contributed by atoms with E-state index in [1.165, 1.54) is 4.90 Å². The lowest BCUT2D eigenvalue weighted by Gasteiger charge is -2.32. The van der Waals surface area contributed by atoms with E-state index in [1.54, 1.807) is 38.5 Å². The molecular formula is C24H26N2O4. The average molecular weight is 406 g/mol. The molecule has 2 amide bonds. The minimum atomic E-state index is -0.302. The molecule has 0 N–H and O–H groups in total. The largest absolute Gasteiger partial charge is 0.497 e. The molecule has 0 aliphatic carbocycles. The molecule has 0 spiro atoms. The van der Waals surface area contributed by atoms with Crippen LogP contribution in [0.3, 0.4) is 0 Å². The van der Waals surface area contributed by atoms with Crippen molar-refractivity contribution in [2.24, 2.45) is 5.92 Å². The predicted molar refractivity (Wildman–Crippen MR) is 115 cm³/mol. The van der Waals surface area contributed by atoms with Crippen LogP contribution in [-0.4, -0.2) is 44.0 Å². The zero-order valence-corrected chi connectivity index (χ0v) is 17.6. The molecular weight excluding hydrogens is 380 g/mol. The third-order valence-electron chi connectivity index (χ3n) is 5.87. The quantitative estimate of drug-likeness (QED) is 0.709. The lowest BCUT2D eigenvalue weighted by Crippen LogP contribution is -2.38. The van der Waals surface area contributed by atoms with Gasteiger partial charge in [0, 0.05) is 13.1 Å². The van der Waals surface area contributed by atoms with Gasteiger partial charge in [0.05, 0.1) is 25.5 Å². The number of carbonyl (C=O) groups is 2. The smallest absolute Gasteiger partial charge is 0.282 e. The van der Waals surface area contributed by atoms with Crippen LogP contribution >= 0.6 is 0 Å². The van der Waals surface area contributed by atoms with E-state index in [-0.39, 0.29) is 11.8 Å². The molecule has 0 aromatic heterocycles. The summed E-state index contributed by atoms with van der Waals surface area (Å²) >= 11 is 0. The zero-order chi connectivity index (χ0) is 21.3. The number of rotatable bonds is 5. The Morgan fingerprint density at radius 1 is 0.800 bits per heavy atom. The van der Waals surface area contributed by atoms with Gasteiger partial charge >= 0.3 is 0 Å². The molecule has 1 fully saturated rings.